The Balaban J connectivity index is 1.66. The molecule has 0 atom stereocenters. The number of nitrogens with one attached hydrogen (secondary N) is 2. The smallest absolute Gasteiger partial charge is 0.0654 e. The lowest BCUT2D eigenvalue weighted by Gasteiger charge is -2.11. The van der Waals surface area contributed by atoms with Gasteiger partial charge in [-0.1, -0.05) is 72.8 Å². The first kappa shape index (κ1) is 19.4. The molecule has 0 spiro atoms. The van der Waals surface area contributed by atoms with Crippen molar-refractivity contribution < 1.29 is 0 Å². The van der Waals surface area contributed by atoms with Crippen molar-refractivity contribution in [3.05, 3.63) is 108 Å². The van der Waals surface area contributed by atoms with E-state index in [1.54, 1.807) is 0 Å². The summed E-state index contributed by atoms with van der Waals surface area (Å²) in [5, 5.41) is 11.5. The van der Waals surface area contributed by atoms with Crippen LogP contribution in [0, 0.1) is 0 Å². The molecule has 0 fully saturated rings. The third-order valence-corrected chi connectivity index (χ3v) is 4.95. The van der Waals surface area contributed by atoms with Gasteiger partial charge >= 0.3 is 0 Å². The van der Waals surface area contributed by atoms with Crippen LogP contribution in [0.5, 0.6) is 0 Å². The summed E-state index contributed by atoms with van der Waals surface area (Å²) in [6.07, 6.45) is 0. The minimum absolute atomic E-state index is 0.929. The Hall–Kier alpha value is -3.92. The molecule has 2 N–H and O–H groups in total. The number of para-hydroxylation sites is 2. The molecule has 0 heterocycles. The standard InChI is InChI=1S/C26H24N4/c1-19(27-29-21-11-5-3-6-12-21)23-15-9-18-26-24(16-10-17-25(23)26)20(2)28-30-22-13-7-4-8-14-22/h3-18,29-30H,1-2H3/b27-19+,28-20+. The van der Waals surface area contributed by atoms with E-state index < -0.39 is 0 Å². The van der Waals surface area contributed by atoms with Crippen molar-refractivity contribution in [2.75, 3.05) is 10.9 Å². The van der Waals surface area contributed by atoms with Crippen LogP contribution in [0.4, 0.5) is 11.4 Å². The number of fused-ring (bicyclic) bond motifs is 1. The minimum atomic E-state index is 0.929. The molecule has 0 saturated carbocycles. The van der Waals surface area contributed by atoms with Crippen LogP contribution in [0.25, 0.3) is 10.8 Å². The van der Waals surface area contributed by atoms with E-state index in [9.17, 15) is 0 Å². The summed E-state index contributed by atoms with van der Waals surface area (Å²) in [4.78, 5) is 0. The van der Waals surface area contributed by atoms with Gasteiger partial charge in [-0.2, -0.15) is 10.2 Å². The molecule has 0 unspecified atom stereocenters. The number of hydrogen-bond donors (Lipinski definition) is 2. The Kier molecular flexibility index (Phi) is 5.85. The second-order valence-corrected chi connectivity index (χ2v) is 7.06. The normalized spacial score (nSPS) is 12.1. The molecule has 0 aromatic heterocycles. The van der Waals surface area contributed by atoms with Gasteiger partial charge in [-0.05, 0) is 48.9 Å². The number of rotatable bonds is 6. The number of nitrogens with zero attached hydrogens (tertiary/aromatic N) is 2. The van der Waals surface area contributed by atoms with Crippen LogP contribution >= 0.6 is 0 Å². The van der Waals surface area contributed by atoms with Gasteiger partial charge in [0.25, 0.3) is 0 Å². The SMILES string of the molecule is C/C(=N\Nc1ccccc1)c1cccc2c(/C(C)=N/Nc3ccccc3)cccc12. The maximum Gasteiger partial charge on any atom is 0.0654 e. The minimum Gasteiger partial charge on any atom is -0.278 e. The van der Waals surface area contributed by atoms with Crippen LogP contribution in [0.3, 0.4) is 0 Å². The maximum absolute atomic E-state index is 4.59. The summed E-state index contributed by atoms with van der Waals surface area (Å²) in [6.45, 7) is 4.05. The summed E-state index contributed by atoms with van der Waals surface area (Å²) >= 11 is 0. The molecule has 0 aliphatic carbocycles. The van der Waals surface area contributed by atoms with Gasteiger partial charge in [-0.25, -0.2) is 0 Å². The Morgan fingerprint density at radius 2 is 0.900 bits per heavy atom. The lowest BCUT2D eigenvalue weighted by Crippen LogP contribution is -2.04. The average molecular weight is 393 g/mol. The summed E-state index contributed by atoms with van der Waals surface area (Å²) in [5.41, 5.74) is 12.3. The van der Waals surface area contributed by atoms with E-state index in [4.69, 9.17) is 0 Å². The Labute approximate surface area is 177 Å². The topological polar surface area (TPSA) is 48.8 Å². The second kappa shape index (κ2) is 9.05. The van der Waals surface area contributed by atoms with Gasteiger partial charge in [0.1, 0.15) is 0 Å². The summed E-state index contributed by atoms with van der Waals surface area (Å²) in [7, 11) is 0. The molecule has 0 aliphatic heterocycles. The molecule has 0 bridgehead atoms. The third kappa shape index (κ3) is 4.39. The van der Waals surface area contributed by atoms with E-state index in [-0.39, 0.29) is 0 Å². The predicted octanol–water partition coefficient (Wildman–Crippen LogP) is 6.51. The predicted molar refractivity (Wildman–Crippen MR) is 128 cm³/mol. The van der Waals surface area contributed by atoms with Crippen LogP contribution in [-0.2, 0) is 0 Å². The van der Waals surface area contributed by atoms with Gasteiger partial charge in [0, 0.05) is 11.1 Å². The van der Waals surface area contributed by atoms with Crippen molar-refractivity contribution in [2.24, 2.45) is 10.2 Å². The molecular weight excluding hydrogens is 368 g/mol. The highest BCUT2D eigenvalue weighted by Crippen LogP contribution is 2.24. The van der Waals surface area contributed by atoms with Gasteiger partial charge in [-0.3, -0.25) is 10.9 Å². The van der Waals surface area contributed by atoms with Crippen LogP contribution in [-0.4, -0.2) is 11.4 Å². The fourth-order valence-corrected chi connectivity index (χ4v) is 3.38. The van der Waals surface area contributed by atoms with E-state index in [1.807, 2.05) is 74.5 Å². The molecule has 4 aromatic carbocycles. The van der Waals surface area contributed by atoms with Gasteiger partial charge < -0.3 is 0 Å². The van der Waals surface area contributed by atoms with Gasteiger partial charge in [-0.15, -0.1) is 0 Å². The molecule has 0 aliphatic rings. The Morgan fingerprint density at radius 3 is 1.30 bits per heavy atom. The van der Waals surface area contributed by atoms with Crippen LogP contribution in [0.15, 0.2) is 107 Å². The van der Waals surface area contributed by atoms with Gasteiger partial charge in [0.05, 0.1) is 22.8 Å². The van der Waals surface area contributed by atoms with E-state index in [2.05, 4.69) is 57.5 Å². The lowest BCUT2D eigenvalue weighted by atomic mass is 9.96. The van der Waals surface area contributed by atoms with Crippen molar-refractivity contribution in [2.45, 2.75) is 13.8 Å². The Bertz CT molecular complexity index is 1100. The average Bonchev–Trinajstić information content (AvgIpc) is 2.81. The molecular formula is C26H24N4. The maximum atomic E-state index is 4.59. The van der Waals surface area contributed by atoms with Crippen molar-refractivity contribution in [3.63, 3.8) is 0 Å². The second-order valence-electron chi connectivity index (χ2n) is 7.06. The number of benzene rings is 4. The zero-order valence-electron chi connectivity index (χ0n) is 17.1. The molecule has 4 aromatic rings. The quantitative estimate of drug-likeness (QED) is 0.290. The zero-order chi connectivity index (χ0) is 20.8. The lowest BCUT2D eigenvalue weighted by molar-refractivity contribution is 1.32. The number of hydrazone groups is 2. The molecule has 30 heavy (non-hydrogen) atoms. The molecule has 4 heteroatoms. The van der Waals surface area contributed by atoms with E-state index in [1.165, 1.54) is 0 Å². The van der Waals surface area contributed by atoms with Crippen molar-refractivity contribution in [3.8, 4) is 0 Å². The van der Waals surface area contributed by atoms with Crippen LogP contribution < -0.4 is 10.9 Å². The molecule has 0 radical (unpaired) electrons. The molecule has 4 rings (SSSR count). The highest BCUT2D eigenvalue weighted by Gasteiger charge is 2.09. The molecule has 4 nitrogen and oxygen atoms in total. The summed E-state index contributed by atoms with van der Waals surface area (Å²) in [5.74, 6) is 0. The first-order valence-electron chi connectivity index (χ1n) is 9.95. The molecule has 0 amide bonds. The van der Waals surface area contributed by atoms with Crippen LogP contribution in [0.2, 0.25) is 0 Å². The number of anilines is 2. The third-order valence-electron chi connectivity index (χ3n) is 4.95. The van der Waals surface area contributed by atoms with Crippen molar-refractivity contribution in [1.29, 1.82) is 0 Å². The van der Waals surface area contributed by atoms with Gasteiger partial charge in [0.2, 0.25) is 0 Å². The fraction of sp³-hybridized carbons (Fsp3) is 0.0769. The van der Waals surface area contributed by atoms with Crippen molar-refractivity contribution >= 4 is 33.6 Å². The van der Waals surface area contributed by atoms with E-state index in [0.717, 1.165) is 44.7 Å². The first-order chi connectivity index (χ1) is 14.7. The van der Waals surface area contributed by atoms with E-state index in [0.29, 0.717) is 0 Å². The van der Waals surface area contributed by atoms with Crippen molar-refractivity contribution in [1.82, 2.24) is 0 Å². The highest BCUT2D eigenvalue weighted by molar-refractivity contribution is 6.16. The fourth-order valence-electron chi connectivity index (χ4n) is 3.38. The first-order valence-corrected chi connectivity index (χ1v) is 9.95. The van der Waals surface area contributed by atoms with E-state index >= 15 is 0 Å². The molecule has 0 saturated heterocycles. The number of hydrogen-bond acceptors (Lipinski definition) is 4. The summed E-state index contributed by atoms with van der Waals surface area (Å²) in [6, 6.07) is 32.5. The summed E-state index contributed by atoms with van der Waals surface area (Å²) < 4.78 is 0. The van der Waals surface area contributed by atoms with Crippen LogP contribution in [0.1, 0.15) is 25.0 Å². The van der Waals surface area contributed by atoms with Gasteiger partial charge in [0.15, 0.2) is 0 Å². The monoisotopic (exact) mass is 392 g/mol. The highest BCUT2D eigenvalue weighted by atomic mass is 15.3. The Morgan fingerprint density at radius 1 is 0.500 bits per heavy atom. The molecule has 148 valence electrons. The largest absolute Gasteiger partial charge is 0.278 e. The zero-order valence-corrected chi connectivity index (χ0v) is 17.1.